The molecule has 3 rings (SSSR count). The molecule has 4 heteroatoms. The van der Waals surface area contributed by atoms with Crippen molar-refractivity contribution in [1.82, 2.24) is 9.13 Å². The number of aromatic nitrogens is 2. The van der Waals surface area contributed by atoms with Gasteiger partial charge in [-0.25, -0.2) is 0 Å². The lowest BCUT2D eigenvalue weighted by atomic mass is 10.00. The molecule has 0 spiro atoms. The van der Waals surface area contributed by atoms with Crippen molar-refractivity contribution < 1.29 is 4.90 Å². The summed E-state index contributed by atoms with van der Waals surface area (Å²) >= 11 is 5.39. The number of nitrogens with zero attached hydrogens (tertiary/aromatic N) is 2. The normalized spacial score (nSPS) is 18.9. The Hall–Kier alpha value is -1.65. The highest BCUT2D eigenvalue weighted by atomic mass is 32.1. The second-order valence-corrected chi connectivity index (χ2v) is 5.73. The van der Waals surface area contributed by atoms with Gasteiger partial charge in [-0.2, -0.15) is 0 Å². The second-order valence-electron chi connectivity index (χ2n) is 5.37. The fourth-order valence-corrected chi connectivity index (χ4v) is 2.90. The Morgan fingerprint density at radius 1 is 1.20 bits per heavy atom. The topological polar surface area (TPSA) is 14.3 Å². The number of quaternary nitrogens is 1. The predicted molar refractivity (Wildman–Crippen MR) is 84.0 cm³/mol. The van der Waals surface area contributed by atoms with Crippen LogP contribution in [-0.2, 0) is 13.7 Å². The zero-order valence-electron chi connectivity index (χ0n) is 11.7. The van der Waals surface area contributed by atoms with Crippen LogP contribution in [0.5, 0.6) is 0 Å². The molecule has 1 N–H and O–H groups in total. The second kappa shape index (κ2) is 5.77. The number of nitrogens with one attached hydrogen (secondary N) is 1. The maximum absolute atomic E-state index is 5.39. The Morgan fingerprint density at radius 2 is 2.00 bits per heavy atom. The molecular weight excluding hydrogens is 266 g/mol. The monoisotopic (exact) mass is 286 g/mol. The van der Waals surface area contributed by atoms with Crippen LogP contribution in [-0.4, -0.2) is 22.2 Å². The number of hydrogen-bond acceptors (Lipinski definition) is 1. The van der Waals surface area contributed by atoms with E-state index in [9.17, 15) is 0 Å². The highest BCUT2D eigenvalue weighted by Gasteiger charge is 2.16. The van der Waals surface area contributed by atoms with Gasteiger partial charge in [0.1, 0.15) is 0 Å². The van der Waals surface area contributed by atoms with Gasteiger partial charge < -0.3 is 9.47 Å². The molecule has 1 unspecified atom stereocenters. The molecule has 0 fully saturated rings. The summed E-state index contributed by atoms with van der Waals surface area (Å²) in [6.07, 6.45) is 7.61. The van der Waals surface area contributed by atoms with Crippen LogP contribution in [0.1, 0.15) is 12.0 Å². The summed E-state index contributed by atoms with van der Waals surface area (Å²) < 4.78 is 5.05. The lowest BCUT2D eigenvalue weighted by Gasteiger charge is -2.24. The molecule has 0 saturated carbocycles. The van der Waals surface area contributed by atoms with Crippen LogP contribution in [0.4, 0.5) is 0 Å². The lowest BCUT2D eigenvalue weighted by Crippen LogP contribution is -3.11. The molecule has 1 aliphatic heterocycles. The first-order valence-electron chi connectivity index (χ1n) is 7.04. The quantitative estimate of drug-likeness (QED) is 0.851. The van der Waals surface area contributed by atoms with E-state index < -0.39 is 0 Å². The van der Waals surface area contributed by atoms with Gasteiger partial charge in [-0.1, -0.05) is 30.3 Å². The molecule has 0 bridgehead atoms. The molecule has 3 nitrogen and oxygen atoms in total. The number of hydrogen-bond donors (Lipinski definition) is 1. The van der Waals surface area contributed by atoms with Crippen LogP contribution in [0, 0.1) is 4.77 Å². The molecule has 1 atom stereocenters. The Morgan fingerprint density at radius 3 is 2.60 bits per heavy atom. The van der Waals surface area contributed by atoms with Crippen LogP contribution in [0.25, 0.3) is 5.57 Å². The molecule has 1 aliphatic rings. The van der Waals surface area contributed by atoms with E-state index in [1.54, 1.807) is 4.90 Å². The van der Waals surface area contributed by atoms with Crippen molar-refractivity contribution >= 4 is 17.8 Å². The van der Waals surface area contributed by atoms with Gasteiger partial charge in [-0.15, -0.1) is 0 Å². The highest BCUT2D eigenvalue weighted by molar-refractivity contribution is 7.71. The highest BCUT2D eigenvalue weighted by Crippen LogP contribution is 2.17. The minimum atomic E-state index is 0.898. The van der Waals surface area contributed by atoms with Gasteiger partial charge in [0.15, 0.2) is 11.4 Å². The largest absolute Gasteiger partial charge is 0.327 e. The SMILES string of the molecule is Cn1ccn(C[NH+]2CC=C(c3ccccc3)CC2)c1=S. The van der Waals surface area contributed by atoms with E-state index in [0.29, 0.717) is 0 Å². The third-order valence-electron chi connectivity index (χ3n) is 3.94. The molecule has 2 heterocycles. The van der Waals surface area contributed by atoms with E-state index in [1.807, 2.05) is 17.8 Å². The fraction of sp³-hybridized carbons (Fsp3) is 0.312. The molecule has 20 heavy (non-hydrogen) atoms. The number of benzene rings is 1. The summed E-state index contributed by atoms with van der Waals surface area (Å²) in [7, 11) is 2.00. The summed E-state index contributed by atoms with van der Waals surface area (Å²) in [6, 6.07) is 10.7. The van der Waals surface area contributed by atoms with Crippen molar-refractivity contribution in [2.45, 2.75) is 13.1 Å². The van der Waals surface area contributed by atoms with Gasteiger partial charge in [0.25, 0.3) is 0 Å². The minimum Gasteiger partial charge on any atom is -0.327 e. The first kappa shape index (κ1) is 13.3. The van der Waals surface area contributed by atoms with E-state index in [4.69, 9.17) is 12.2 Å². The third kappa shape index (κ3) is 2.76. The number of aryl methyl sites for hydroxylation is 1. The summed E-state index contributed by atoms with van der Waals surface area (Å²) in [5, 5.41) is 0. The molecule has 1 aromatic heterocycles. The van der Waals surface area contributed by atoms with Crippen LogP contribution in [0.15, 0.2) is 48.8 Å². The van der Waals surface area contributed by atoms with Crippen LogP contribution < -0.4 is 4.90 Å². The van der Waals surface area contributed by atoms with Crippen molar-refractivity contribution in [1.29, 1.82) is 0 Å². The van der Waals surface area contributed by atoms with Gasteiger partial charge in [0.2, 0.25) is 0 Å². The number of imidazole rings is 1. The van der Waals surface area contributed by atoms with E-state index in [2.05, 4.69) is 47.2 Å². The first-order chi connectivity index (χ1) is 9.74. The van der Waals surface area contributed by atoms with Crippen molar-refractivity contribution in [3.8, 4) is 0 Å². The average molecular weight is 286 g/mol. The molecule has 0 radical (unpaired) electrons. The van der Waals surface area contributed by atoms with Crippen molar-refractivity contribution in [3.63, 3.8) is 0 Å². The van der Waals surface area contributed by atoms with E-state index >= 15 is 0 Å². The molecular formula is C16H20N3S+. The summed E-state index contributed by atoms with van der Waals surface area (Å²) in [6.45, 7) is 3.19. The van der Waals surface area contributed by atoms with Crippen molar-refractivity contribution in [2.24, 2.45) is 7.05 Å². The molecule has 0 saturated heterocycles. The third-order valence-corrected chi connectivity index (χ3v) is 4.46. The Bertz CT molecular complexity index is 667. The van der Waals surface area contributed by atoms with Gasteiger partial charge in [-0.05, 0) is 29.4 Å². The number of rotatable bonds is 3. The van der Waals surface area contributed by atoms with E-state index in [1.165, 1.54) is 11.1 Å². The minimum absolute atomic E-state index is 0.898. The smallest absolute Gasteiger partial charge is 0.183 e. The van der Waals surface area contributed by atoms with Gasteiger partial charge >= 0.3 is 0 Å². The van der Waals surface area contributed by atoms with Crippen molar-refractivity contribution in [2.75, 3.05) is 13.1 Å². The van der Waals surface area contributed by atoms with Gasteiger partial charge in [0, 0.05) is 25.9 Å². The van der Waals surface area contributed by atoms with Crippen LogP contribution >= 0.6 is 12.2 Å². The molecule has 0 amide bonds. The Kier molecular flexibility index (Phi) is 3.85. The Labute approximate surface area is 124 Å². The fourth-order valence-electron chi connectivity index (χ4n) is 2.71. The maximum atomic E-state index is 5.39. The summed E-state index contributed by atoms with van der Waals surface area (Å²) in [5.41, 5.74) is 2.84. The van der Waals surface area contributed by atoms with Gasteiger partial charge in [-0.3, -0.25) is 4.57 Å². The predicted octanol–water partition coefficient (Wildman–Crippen LogP) is 1.89. The summed E-state index contributed by atoms with van der Waals surface area (Å²) in [4.78, 5) is 1.56. The summed E-state index contributed by atoms with van der Waals surface area (Å²) in [5.74, 6) is 0. The zero-order valence-corrected chi connectivity index (χ0v) is 12.6. The van der Waals surface area contributed by atoms with Crippen molar-refractivity contribution in [3.05, 3.63) is 59.1 Å². The van der Waals surface area contributed by atoms with Crippen LogP contribution in [0.2, 0.25) is 0 Å². The standard InChI is InChI=1S/C16H19N3S/c1-17-11-12-19(16(17)20)13-18-9-7-15(8-10-18)14-5-3-2-4-6-14/h2-7,11-12H,8-10,13H2,1H3/p+1. The molecule has 2 aromatic rings. The average Bonchev–Trinajstić information content (AvgIpc) is 2.81. The zero-order chi connectivity index (χ0) is 13.9. The Balaban J connectivity index is 1.68. The molecule has 0 aliphatic carbocycles. The molecule has 104 valence electrons. The van der Waals surface area contributed by atoms with Crippen LogP contribution in [0.3, 0.4) is 0 Å². The van der Waals surface area contributed by atoms with Gasteiger partial charge in [0.05, 0.1) is 13.1 Å². The lowest BCUT2D eigenvalue weighted by molar-refractivity contribution is -0.918. The maximum Gasteiger partial charge on any atom is 0.183 e. The van der Waals surface area contributed by atoms with E-state index in [0.717, 1.165) is 31.0 Å². The first-order valence-corrected chi connectivity index (χ1v) is 7.44. The molecule has 1 aromatic carbocycles. The van der Waals surface area contributed by atoms with E-state index in [-0.39, 0.29) is 0 Å².